The van der Waals surface area contributed by atoms with Crippen molar-refractivity contribution in [2.45, 2.75) is 76.9 Å². The molecule has 0 saturated carbocycles. The van der Waals surface area contributed by atoms with Crippen molar-refractivity contribution in [1.82, 2.24) is 15.3 Å². The average molecular weight is 700 g/mol. The fraction of sp³-hybridized carbons (Fsp3) is 0.385. The van der Waals surface area contributed by atoms with Gasteiger partial charge >= 0.3 is 5.97 Å². The topological polar surface area (TPSA) is 169 Å². The lowest BCUT2D eigenvalue weighted by atomic mass is 9.84. The van der Waals surface area contributed by atoms with Gasteiger partial charge in [0.1, 0.15) is 28.7 Å². The van der Waals surface area contributed by atoms with Crippen LogP contribution in [0.15, 0.2) is 48.5 Å². The number of allylic oxidation sites excluding steroid dienone is 1. The first-order valence-corrected chi connectivity index (χ1v) is 17.1. The number of carbonyl (C=O) groups excluding carboxylic acids is 3. The molecule has 4 N–H and O–H groups in total. The van der Waals surface area contributed by atoms with E-state index in [9.17, 15) is 24.6 Å². The van der Waals surface area contributed by atoms with Gasteiger partial charge in [0.2, 0.25) is 11.7 Å². The van der Waals surface area contributed by atoms with Crippen LogP contribution in [0.4, 0.5) is 0 Å². The number of nitrogens with zero attached hydrogens (tertiary/aromatic N) is 1. The largest absolute Gasteiger partial charge is 0.507 e. The monoisotopic (exact) mass is 699 g/mol. The normalized spacial score (nSPS) is 16.8. The van der Waals surface area contributed by atoms with Crippen molar-refractivity contribution < 1.29 is 43.5 Å². The molecule has 1 aromatic heterocycles. The smallest absolute Gasteiger partial charge is 0.342 e. The Bertz CT molecular complexity index is 1870. The number of hydrogen-bond donors (Lipinski definition) is 4. The van der Waals surface area contributed by atoms with Gasteiger partial charge in [-0.3, -0.25) is 9.59 Å². The zero-order chi connectivity index (χ0) is 36.7. The Morgan fingerprint density at radius 3 is 2.43 bits per heavy atom. The Balaban J connectivity index is 1.60. The average Bonchev–Trinajstić information content (AvgIpc) is 3.54. The fourth-order valence-corrected chi connectivity index (χ4v) is 6.44. The molecule has 5 rings (SSSR count). The second-order valence-corrected chi connectivity index (χ2v) is 12.7. The molecule has 51 heavy (non-hydrogen) atoms. The number of imidazole rings is 1. The number of methoxy groups -OCH3 is 3. The highest BCUT2D eigenvalue weighted by molar-refractivity contribution is 5.98. The molecule has 3 atom stereocenters. The predicted molar refractivity (Wildman–Crippen MR) is 192 cm³/mol. The number of aromatic hydroxyl groups is 2. The lowest BCUT2D eigenvalue weighted by Gasteiger charge is -2.25. The predicted octanol–water partition coefficient (Wildman–Crippen LogP) is 6.88. The van der Waals surface area contributed by atoms with Crippen LogP contribution >= 0.6 is 0 Å². The first kappa shape index (κ1) is 36.8. The van der Waals surface area contributed by atoms with Gasteiger partial charge in [-0.1, -0.05) is 24.3 Å². The van der Waals surface area contributed by atoms with Crippen LogP contribution in [0.1, 0.15) is 104 Å². The van der Waals surface area contributed by atoms with Gasteiger partial charge in [0.05, 0.1) is 44.5 Å². The van der Waals surface area contributed by atoms with Crippen LogP contribution < -0.4 is 19.5 Å². The maximum Gasteiger partial charge on any atom is 0.342 e. The molecule has 1 aliphatic heterocycles. The van der Waals surface area contributed by atoms with Crippen LogP contribution in [0.5, 0.6) is 28.7 Å². The molecule has 270 valence electrons. The molecule has 4 aromatic rings. The van der Waals surface area contributed by atoms with Crippen molar-refractivity contribution in [2.75, 3.05) is 21.3 Å². The number of amides is 1. The number of fused-ring (bicyclic) bond motifs is 2. The third-order valence-electron chi connectivity index (χ3n) is 9.07. The zero-order valence-electron chi connectivity index (χ0n) is 29.6. The number of hydrogen-bond acceptors (Lipinski definition) is 10. The minimum Gasteiger partial charge on any atom is -0.507 e. The van der Waals surface area contributed by atoms with E-state index in [0.717, 1.165) is 11.0 Å². The van der Waals surface area contributed by atoms with Crippen LogP contribution in [0.25, 0.3) is 17.1 Å². The Hall–Kier alpha value is -5.52. The van der Waals surface area contributed by atoms with Crippen molar-refractivity contribution in [3.63, 3.8) is 0 Å². The van der Waals surface area contributed by atoms with Crippen molar-refractivity contribution in [3.8, 4) is 28.7 Å². The molecular formula is C39H45N3O9. The van der Waals surface area contributed by atoms with E-state index < -0.39 is 35.7 Å². The second-order valence-electron chi connectivity index (χ2n) is 12.7. The van der Waals surface area contributed by atoms with E-state index >= 15 is 0 Å². The summed E-state index contributed by atoms with van der Waals surface area (Å²) in [5, 5.41) is 26.6. The van der Waals surface area contributed by atoms with Gasteiger partial charge in [-0.05, 0) is 81.0 Å². The number of Topliss-reactive ketones (excluding diaryl/α,β-unsaturated/α-hetero) is 1. The minimum atomic E-state index is -1.01. The number of ether oxygens (including phenoxy) is 4. The number of carbonyl (C=O) groups is 3. The Labute approximate surface area is 296 Å². The third kappa shape index (κ3) is 8.45. The summed E-state index contributed by atoms with van der Waals surface area (Å²) in [6.45, 7) is 3.53. The quantitative estimate of drug-likeness (QED) is 0.135. The Morgan fingerprint density at radius 2 is 1.75 bits per heavy atom. The Kier molecular flexibility index (Phi) is 11.9. The Morgan fingerprint density at radius 1 is 1.04 bits per heavy atom. The van der Waals surface area contributed by atoms with Crippen LogP contribution in [0.3, 0.4) is 0 Å². The molecule has 3 aromatic carbocycles. The van der Waals surface area contributed by atoms with Gasteiger partial charge in [0, 0.05) is 30.7 Å². The number of ketones is 1. The molecule has 0 radical (unpaired) electrons. The van der Waals surface area contributed by atoms with Crippen molar-refractivity contribution in [3.05, 3.63) is 76.6 Å². The molecule has 2 heterocycles. The summed E-state index contributed by atoms with van der Waals surface area (Å²) in [6, 6.07) is 11.7. The second kappa shape index (κ2) is 16.5. The number of phenolic OH excluding ortho intramolecular Hbond substituents is 2. The van der Waals surface area contributed by atoms with E-state index in [0.29, 0.717) is 67.2 Å². The van der Waals surface area contributed by atoms with E-state index in [1.165, 1.54) is 27.4 Å². The van der Waals surface area contributed by atoms with Crippen LogP contribution in [-0.4, -0.2) is 65.3 Å². The van der Waals surface area contributed by atoms with Crippen molar-refractivity contribution in [1.29, 1.82) is 0 Å². The van der Waals surface area contributed by atoms with Gasteiger partial charge in [0.25, 0.3) is 0 Å². The summed E-state index contributed by atoms with van der Waals surface area (Å²) in [6.07, 6.45) is 5.65. The first-order valence-electron chi connectivity index (χ1n) is 17.1. The van der Waals surface area contributed by atoms with Crippen LogP contribution in [0, 0.1) is 0 Å². The van der Waals surface area contributed by atoms with E-state index in [2.05, 4.69) is 15.3 Å². The molecule has 0 spiro atoms. The molecule has 0 bridgehead atoms. The highest BCUT2D eigenvalue weighted by atomic mass is 16.5. The third-order valence-corrected chi connectivity index (χ3v) is 9.07. The lowest BCUT2D eigenvalue weighted by molar-refractivity contribution is -0.122. The van der Waals surface area contributed by atoms with Gasteiger partial charge in [0.15, 0.2) is 11.5 Å². The van der Waals surface area contributed by atoms with Gasteiger partial charge in [-0.25, -0.2) is 9.78 Å². The number of rotatable bonds is 9. The molecule has 12 heteroatoms. The SMILES string of the molecule is COc1cc(C(CC(=O)N[C@@H](C)c2nc3ccccc3[nH]2)c2c(O)cc3c(c2O)C(=O)O[C@@H](C)CCCC(=O)CCCC=C3)cc(OC)c1OC. The minimum absolute atomic E-state index is 0.0562. The van der Waals surface area contributed by atoms with Gasteiger partial charge < -0.3 is 39.5 Å². The zero-order valence-corrected chi connectivity index (χ0v) is 29.6. The number of aromatic amines is 1. The summed E-state index contributed by atoms with van der Waals surface area (Å²) >= 11 is 0. The first-order chi connectivity index (χ1) is 24.5. The summed E-state index contributed by atoms with van der Waals surface area (Å²) in [4.78, 5) is 47.7. The number of phenols is 2. The molecule has 0 aliphatic carbocycles. The standard InChI is InChI=1S/C39H45N3O9/c1-22-12-11-15-26(43)14-8-6-7-13-24-18-30(44)35(36(46)34(24)39(47)51-22)27(25-19-31(48-3)37(50-5)32(20-25)49-4)21-33(45)40-23(2)38-41-28-16-9-10-17-29(28)42-38/h7,9-10,13,16-20,22-23,27,44,46H,6,8,11-12,14-15,21H2,1-5H3,(H,40,45)(H,41,42)/t22-,23-,27?/m0/s1. The summed E-state index contributed by atoms with van der Waals surface area (Å²) < 4.78 is 22.5. The highest BCUT2D eigenvalue weighted by Gasteiger charge is 2.32. The van der Waals surface area contributed by atoms with E-state index in [1.54, 1.807) is 38.1 Å². The summed E-state index contributed by atoms with van der Waals surface area (Å²) in [5.41, 5.74) is 2.05. The van der Waals surface area contributed by atoms with Crippen LogP contribution in [-0.2, 0) is 14.3 Å². The molecule has 1 unspecified atom stereocenters. The lowest BCUT2D eigenvalue weighted by Crippen LogP contribution is -2.29. The van der Waals surface area contributed by atoms with Crippen molar-refractivity contribution in [2.24, 2.45) is 0 Å². The number of benzene rings is 3. The molecule has 12 nitrogen and oxygen atoms in total. The highest BCUT2D eigenvalue weighted by Crippen LogP contribution is 2.48. The number of esters is 1. The summed E-state index contributed by atoms with van der Waals surface area (Å²) in [5.74, 6) is -1.49. The fourth-order valence-electron chi connectivity index (χ4n) is 6.44. The molecular weight excluding hydrogens is 654 g/mol. The maximum absolute atomic E-state index is 13.9. The van der Waals surface area contributed by atoms with E-state index in [1.807, 2.05) is 24.3 Å². The van der Waals surface area contributed by atoms with Gasteiger partial charge in [-0.15, -0.1) is 0 Å². The number of cyclic esters (lactones) is 1. The number of para-hydroxylation sites is 2. The van der Waals surface area contributed by atoms with Gasteiger partial charge in [-0.2, -0.15) is 0 Å². The molecule has 0 saturated heterocycles. The molecule has 1 aliphatic rings. The number of aromatic nitrogens is 2. The van der Waals surface area contributed by atoms with Crippen molar-refractivity contribution >= 4 is 34.8 Å². The number of H-pyrrole nitrogens is 1. The maximum atomic E-state index is 13.9. The van der Waals surface area contributed by atoms with E-state index in [4.69, 9.17) is 18.9 Å². The number of nitrogens with one attached hydrogen (secondary N) is 2. The summed E-state index contributed by atoms with van der Waals surface area (Å²) in [7, 11) is 4.38. The molecule has 0 fully saturated rings. The van der Waals surface area contributed by atoms with E-state index in [-0.39, 0.29) is 34.6 Å². The van der Waals surface area contributed by atoms with Crippen LogP contribution in [0.2, 0.25) is 0 Å². The molecule has 1 amide bonds.